The minimum absolute atomic E-state index is 0.843. The first kappa shape index (κ1) is 20.4. The lowest BCUT2D eigenvalue weighted by Gasteiger charge is -1.98. The molecule has 0 atom stereocenters. The summed E-state index contributed by atoms with van der Waals surface area (Å²) in [6.07, 6.45) is 5.72. The van der Waals surface area contributed by atoms with Crippen molar-refractivity contribution in [2.75, 3.05) is 19.5 Å². The lowest BCUT2D eigenvalue weighted by Crippen LogP contribution is -1.84. The van der Waals surface area contributed by atoms with Crippen LogP contribution in [0.25, 0.3) is 0 Å². The van der Waals surface area contributed by atoms with E-state index in [1.807, 2.05) is 83.3 Å². The zero-order valence-electron chi connectivity index (χ0n) is 13.7. The van der Waals surface area contributed by atoms with Crippen LogP contribution in [0.1, 0.15) is 27.7 Å². The number of benzene rings is 1. The smallest absolute Gasteiger partial charge is 0.118 e. The Balaban J connectivity index is 0. The summed E-state index contributed by atoms with van der Waals surface area (Å²) < 4.78 is 5.02. The highest BCUT2D eigenvalue weighted by atomic mass is 16.5. The Morgan fingerprint density at radius 2 is 1.75 bits per heavy atom. The Hall–Kier alpha value is -1.96. The first-order valence-electron chi connectivity index (χ1n) is 6.90. The first-order chi connectivity index (χ1) is 9.63. The van der Waals surface area contributed by atoms with Crippen LogP contribution in [-0.4, -0.2) is 14.2 Å². The zero-order valence-corrected chi connectivity index (χ0v) is 13.7. The Labute approximate surface area is 124 Å². The molecule has 20 heavy (non-hydrogen) atoms. The predicted octanol–water partition coefficient (Wildman–Crippen LogP) is 5.42. The fourth-order valence-electron chi connectivity index (χ4n) is 1.19. The van der Waals surface area contributed by atoms with Crippen molar-refractivity contribution in [2.24, 2.45) is 0 Å². The van der Waals surface area contributed by atoms with E-state index in [1.165, 1.54) is 0 Å². The number of allylic oxidation sites excluding steroid dienone is 4. The summed E-state index contributed by atoms with van der Waals surface area (Å²) in [5.74, 6) is 0.843. The molecule has 2 heteroatoms. The van der Waals surface area contributed by atoms with Gasteiger partial charge in [0.15, 0.2) is 0 Å². The summed E-state index contributed by atoms with van der Waals surface area (Å²) in [6, 6.07) is 10.1. The van der Waals surface area contributed by atoms with Crippen molar-refractivity contribution in [3.63, 3.8) is 0 Å². The molecule has 0 amide bonds. The van der Waals surface area contributed by atoms with Crippen LogP contribution in [0.3, 0.4) is 0 Å². The molecular weight excluding hydrogens is 246 g/mol. The summed E-state index contributed by atoms with van der Waals surface area (Å²) in [5, 5.41) is 3.03. The van der Waals surface area contributed by atoms with Crippen LogP contribution in [0.2, 0.25) is 0 Å². The molecule has 1 aromatic rings. The third kappa shape index (κ3) is 12.5. The maximum atomic E-state index is 5.02. The molecule has 0 aromatic heterocycles. The van der Waals surface area contributed by atoms with Gasteiger partial charge in [-0.2, -0.15) is 0 Å². The molecule has 2 nitrogen and oxygen atoms in total. The molecule has 0 aliphatic carbocycles. The van der Waals surface area contributed by atoms with Gasteiger partial charge in [-0.1, -0.05) is 50.3 Å². The van der Waals surface area contributed by atoms with Gasteiger partial charge in [0.05, 0.1) is 7.11 Å². The molecule has 0 fully saturated rings. The van der Waals surface area contributed by atoms with E-state index in [-0.39, 0.29) is 0 Å². The zero-order chi connectivity index (χ0) is 15.8. The molecule has 112 valence electrons. The van der Waals surface area contributed by atoms with E-state index in [9.17, 15) is 0 Å². The number of rotatable bonds is 4. The highest BCUT2D eigenvalue weighted by Crippen LogP contribution is 2.02. The van der Waals surface area contributed by atoms with Gasteiger partial charge in [-0.15, -0.1) is 0 Å². The SMILES string of the molecule is C=C(C)/C=C(\C=C/C)OC.CC.CNc1ccccc1. The van der Waals surface area contributed by atoms with Crippen LogP contribution >= 0.6 is 0 Å². The van der Waals surface area contributed by atoms with Crippen LogP contribution in [-0.2, 0) is 4.74 Å². The van der Waals surface area contributed by atoms with Crippen molar-refractivity contribution in [3.8, 4) is 0 Å². The van der Waals surface area contributed by atoms with Gasteiger partial charge in [0, 0.05) is 12.7 Å². The Morgan fingerprint density at radius 1 is 1.20 bits per heavy atom. The number of anilines is 1. The maximum Gasteiger partial charge on any atom is 0.118 e. The van der Waals surface area contributed by atoms with E-state index in [1.54, 1.807) is 7.11 Å². The van der Waals surface area contributed by atoms with Crippen LogP contribution < -0.4 is 5.32 Å². The van der Waals surface area contributed by atoms with Crippen molar-refractivity contribution in [3.05, 3.63) is 66.5 Å². The van der Waals surface area contributed by atoms with Crippen LogP contribution in [0, 0.1) is 0 Å². The van der Waals surface area contributed by atoms with Gasteiger partial charge in [-0.05, 0) is 38.1 Å². The molecular formula is C18H29NO. The molecule has 1 rings (SSSR count). The molecule has 0 heterocycles. The van der Waals surface area contributed by atoms with Crippen molar-refractivity contribution in [1.29, 1.82) is 0 Å². The number of methoxy groups -OCH3 is 1. The molecule has 0 saturated carbocycles. The fraction of sp³-hybridized carbons (Fsp3) is 0.333. The number of hydrogen-bond acceptors (Lipinski definition) is 2. The fourth-order valence-corrected chi connectivity index (χ4v) is 1.19. The molecule has 0 saturated heterocycles. The molecule has 1 aromatic carbocycles. The molecule has 0 unspecified atom stereocenters. The minimum Gasteiger partial charge on any atom is -0.497 e. The summed E-state index contributed by atoms with van der Waals surface area (Å²) in [4.78, 5) is 0. The summed E-state index contributed by atoms with van der Waals surface area (Å²) in [7, 11) is 3.56. The summed E-state index contributed by atoms with van der Waals surface area (Å²) >= 11 is 0. The predicted molar refractivity (Wildman–Crippen MR) is 92.1 cm³/mol. The van der Waals surface area contributed by atoms with Gasteiger partial charge in [0.1, 0.15) is 5.76 Å². The van der Waals surface area contributed by atoms with Crippen molar-refractivity contribution >= 4 is 5.69 Å². The van der Waals surface area contributed by atoms with Crippen LogP contribution in [0.4, 0.5) is 5.69 Å². The van der Waals surface area contributed by atoms with E-state index in [4.69, 9.17) is 4.74 Å². The largest absolute Gasteiger partial charge is 0.497 e. The number of hydrogen-bond donors (Lipinski definition) is 1. The van der Waals surface area contributed by atoms with Gasteiger partial charge >= 0.3 is 0 Å². The topological polar surface area (TPSA) is 21.3 Å². The van der Waals surface area contributed by atoms with Gasteiger partial charge in [-0.3, -0.25) is 0 Å². The maximum absolute atomic E-state index is 5.02. The van der Waals surface area contributed by atoms with E-state index >= 15 is 0 Å². The summed E-state index contributed by atoms with van der Waals surface area (Å²) in [6.45, 7) is 11.6. The van der Waals surface area contributed by atoms with Gasteiger partial charge in [0.25, 0.3) is 0 Å². The number of ether oxygens (including phenoxy) is 1. The van der Waals surface area contributed by atoms with Crippen molar-refractivity contribution in [2.45, 2.75) is 27.7 Å². The number of nitrogens with one attached hydrogen (secondary N) is 1. The minimum atomic E-state index is 0.843. The van der Waals surface area contributed by atoms with E-state index in [0.29, 0.717) is 0 Å². The van der Waals surface area contributed by atoms with Crippen molar-refractivity contribution in [1.82, 2.24) is 0 Å². The van der Waals surface area contributed by atoms with Crippen LogP contribution in [0.5, 0.6) is 0 Å². The van der Waals surface area contributed by atoms with Gasteiger partial charge in [-0.25, -0.2) is 0 Å². The molecule has 0 radical (unpaired) electrons. The second-order valence-electron chi connectivity index (χ2n) is 3.71. The monoisotopic (exact) mass is 275 g/mol. The van der Waals surface area contributed by atoms with Crippen LogP contribution in [0.15, 0.2) is 66.5 Å². The molecule has 0 aliphatic heterocycles. The standard InChI is InChI=1S/C9H14O.C7H9N.C2H6/c1-5-6-9(10-4)7-8(2)3;1-8-7-5-3-2-4-6-7;1-2/h5-7H,2H2,1,3-4H3;2-6,8H,1H3;1-2H3/b6-5-,9-7+;;. The lowest BCUT2D eigenvalue weighted by atomic mass is 10.3. The number of para-hydroxylation sites is 1. The average molecular weight is 275 g/mol. The van der Waals surface area contributed by atoms with Gasteiger partial charge < -0.3 is 10.1 Å². The second kappa shape index (κ2) is 15.1. The van der Waals surface area contributed by atoms with E-state index < -0.39 is 0 Å². The molecule has 1 N–H and O–H groups in total. The van der Waals surface area contributed by atoms with E-state index in [2.05, 4.69) is 11.9 Å². The summed E-state index contributed by atoms with van der Waals surface area (Å²) in [5.41, 5.74) is 2.16. The first-order valence-corrected chi connectivity index (χ1v) is 6.90. The van der Waals surface area contributed by atoms with E-state index in [0.717, 1.165) is 17.0 Å². The second-order valence-corrected chi connectivity index (χ2v) is 3.71. The average Bonchev–Trinajstić information content (AvgIpc) is 2.50. The Bertz CT molecular complexity index is 391. The van der Waals surface area contributed by atoms with Crippen molar-refractivity contribution < 1.29 is 4.74 Å². The highest BCUT2D eigenvalue weighted by molar-refractivity contribution is 5.41. The normalized spacial score (nSPS) is 9.80. The van der Waals surface area contributed by atoms with Gasteiger partial charge in [0.2, 0.25) is 0 Å². The molecule has 0 bridgehead atoms. The highest BCUT2D eigenvalue weighted by Gasteiger charge is 1.86. The Morgan fingerprint density at radius 3 is 2.05 bits per heavy atom. The molecule has 0 spiro atoms. The quantitative estimate of drug-likeness (QED) is 0.585. The third-order valence-corrected chi connectivity index (χ3v) is 2.02. The Kier molecular flexibility index (Phi) is 15.4. The lowest BCUT2D eigenvalue weighted by molar-refractivity contribution is 0.306. The molecule has 0 aliphatic rings. The third-order valence-electron chi connectivity index (χ3n) is 2.02.